The van der Waals surface area contributed by atoms with Crippen molar-refractivity contribution in [3.8, 4) is 11.5 Å². The average Bonchev–Trinajstić information content (AvgIpc) is 3.20. The van der Waals surface area contributed by atoms with Gasteiger partial charge in [-0.05, 0) is 54.2 Å². The first-order valence-corrected chi connectivity index (χ1v) is 13.2. The number of aliphatic hydroxyl groups is 1. The Morgan fingerprint density at radius 1 is 0.921 bits per heavy atom. The highest BCUT2D eigenvalue weighted by molar-refractivity contribution is 6.51. The number of hydrogen-bond donors (Lipinski definition) is 1. The lowest BCUT2D eigenvalue weighted by Crippen LogP contribution is -2.29. The first-order chi connectivity index (χ1) is 18.3. The third kappa shape index (κ3) is 5.75. The van der Waals surface area contributed by atoms with Gasteiger partial charge in [-0.3, -0.25) is 14.5 Å². The Morgan fingerprint density at radius 2 is 1.61 bits per heavy atom. The summed E-state index contributed by atoms with van der Waals surface area (Å²) in [5, 5.41) is 11.5. The second-order valence-electron chi connectivity index (χ2n) is 9.84. The summed E-state index contributed by atoms with van der Waals surface area (Å²) < 4.78 is 11.6. The van der Waals surface area contributed by atoms with E-state index < -0.39 is 17.7 Å². The van der Waals surface area contributed by atoms with E-state index in [1.807, 2.05) is 37.3 Å². The fourth-order valence-electron chi connectivity index (χ4n) is 4.44. The number of carbonyl (C=O) groups is 2. The molecule has 1 unspecified atom stereocenters. The first-order valence-electron chi connectivity index (χ1n) is 13.2. The molecule has 6 heteroatoms. The van der Waals surface area contributed by atoms with E-state index in [1.165, 1.54) is 4.90 Å². The molecule has 1 aliphatic rings. The minimum Gasteiger partial charge on any atom is -0.507 e. The van der Waals surface area contributed by atoms with Crippen LogP contribution < -0.4 is 14.4 Å². The van der Waals surface area contributed by atoms with Crippen molar-refractivity contribution in [1.29, 1.82) is 0 Å². The Morgan fingerprint density at radius 3 is 2.26 bits per heavy atom. The van der Waals surface area contributed by atoms with Gasteiger partial charge in [-0.25, -0.2) is 0 Å². The van der Waals surface area contributed by atoms with Crippen LogP contribution in [-0.2, 0) is 16.0 Å². The van der Waals surface area contributed by atoms with Crippen molar-refractivity contribution in [3.05, 3.63) is 95.1 Å². The summed E-state index contributed by atoms with van der Waals surface area (Å²) in [7, 11) is 0. The molecule has 1 atom stereocenters. The smallest absolute Gasteiger partial charge is 0.300 e. The number of hydrogen-bond acceptors (Lipinski definition) is 5. The molecular formula is C32H35NO5. The highest BCUT2D eigenvalue weighted by atomic mass is 16.5. The van der Waals surface area contributed by atoms with Crippen molar-refractivity contribution in [3.63, 3.8) is 0 Å². The number of Topliss-reactive ketones (excluding diaryl/α,β-unsaturated/α-hetero) is 1. The zero-order chi connectivity index (χ0) is 27.2. The molecule has 0 aromatic heterocycles. The Bertz CT molecular complexity index is 1330. The minimum atomic E-state index is -0.803. The van der Waals surface area contributed by atoms with E-state index >= 15 is 0 Å². The summed E-state index contributed by atoms with van der Waals surface area (Å²) in [5.74, 6) is -0.135. The van der Waals surface area contributed by atoms with E-state index in [1.54, 1.807) is 42.5 Å². The quantitative estimate of drug-likeness (QED) is 0.185. The number of ketones is 1. The molecule has 6 nitrogen and oxygen atoms in total. The Labute approximate surface area is 224 Å². The third-order valence-electron chi connectivity index (χ3n) is 6.41. The van der Waals surface area contributed by atoms with Gasteiger partial charge in [-0.2, -0.15) is 0 Å². The molecule has 0 spiro atoms. The molecule has 198 valence electrons. The minimum absolute atomic E-state index is 0.0418. The summed E-state index contributed by atoms with van der Waals surface area (Å²) >= 11 is 0. The van der Waals surface area contributed by atoms with Gasteiger partial charge in [0.05, 0.1) is 24.8 Å². The summed E-state index contributed by atoms with van der Waals surface area (Å²) in [6, 6.07) is 21.1. The van der Waals surface area contributed by atoms with Crippen molar-refractivity contribution < 1.29 is 24.2 Å². The molecule has 0 radical (unpaired) electrons. The van der Waals surface area contributed by atoms with Crippen LogP contribution >= 0.6 is 0 Å². The van der Waals surface area contributed by atoms with Crippen LogP contribution in [0.2, 0.25) is 0 Å². The Hall–Kier alpha value is -4.06. The summed E-state index contributed by atoms with van der Waals surface area (Å²) in [6.07, 6.45) is 1.71. The van der Waals surface area contributed by atoms with Crippen LogP contribution in [0.15, 0.2) is 78.4 Å². The van der Waals surface area contributed by atoms with Crippen LogP contribution in [0.5, 0.6) is 11.5 Å². The second-order valence-corrected chi connectivity index (χ2v) is 9.84. The van der Waals surface area contributed by atoms with Crippen LogP contribution in [0.4, 0.5) is 5.69 Å². The number of rotatable bonds is 10. The van der Waals surface area contributed by atoms with Gasteiger partial charge in [0.1, 0.15) is 17.3 Å². The van der Waals surface area contributed by atoms with Crippen molar-refractivity contribution in [2.45, 2.75) is 46.6 Å². The van der Waals surface area contributed by atoms with Crippen molar-refractivity contribution in [2.75, 3.05) is 18.1 Å². The molecule has 3 aromatic carbocycles. The maximum Gasteiger partial charge on any atom is 0.300 e. The maximum atomic E-state index is 13.5. The zero-order valence-corrected chi connectivity index (χ0v) is 22.4. The van der Waals surface area contributed by atoms with Crippen LogP contribution in [0, 0.1) is 5.92 Å². The van der Waals surface area contributed by atoms with Crippen molar-refractivity contribution >= 4 is 23.1 Å². The predicted molar refractivity (Wildman–Crippen MR) is 150 cm³/mol. The molecule has 1 N–H and O–H groups in total. The lowest BCUT2D eigenvalue weighted by molar-refractivity contribution is -0.132. The highest BCUT2D eigenvalue weighted by Crippen LogP contribution is 2.43. The zero-order valence-electron chi connectivity index (χ0n) is 22.4. The molecule has 0 bridgehead atoms. The highest BCUT2D eigenvalue weighted by Gasteiger charge is 2.47. The van der Waals surface area contributed by atoms with Gasteiger partial charge in [0.15, 0.2) is 0 Å². The topological polar surface area (TPSA) is 76.1 Å². The largest absolute Gasteiger partial charge is 0.507 e. The fourth-order valence-corrected chi connectivity index (χ4v) is 4.44. The summed E-state index contributed by atoms with van der Waals surface area (Å²) in [4.78, 5) is 28.4. The maximum absolute atomic E-state index is 13.5. The second kappa shape index (κ2) is 12.0. The van der Waals surface area contributed by atoms with Gasteiger partial charge in [0.25, 0.3) is 11.7 Å². The average molecular weight is 514 g/mol. The van der Waals surface area contributed by atoms with Gasteiger partial charge in [0, 0.05) is 17.3 Å². The molecule has 1 aliphatic heterocycles. The van der Waals surface area contributed by atoms with Crippen molar-refractivity contribution in [1.82, 2.24) is 0 Å². The summed E-state index contributed by atoms with van der Waals surface area (Å²) in [5.41, 5.74) is 2.85. The van der Waals surface area contributed by atoms with E-state index in [-0.39, 0.29) is 11.3 Å². The summed E-state index contributed by atoms with van der Waals surface area (Å²) in [6.45, 7) is 9.26. The number of amides is 1. The normalized spacial score (nSPS) is 16.8. The number of carbonyl (C=O) groups excluding carboxylic acids is 2. The SMILES string of the molecule is CCCOc1cccc(N2C(=O)C(=O)/C(=C(/O)c3cccc(OCC(C)C)c3)C2c2ccc(CC)cc2)c1. The van der Waals surface area contributed by atoms with Crippen molar-refractivity contribution in [2.24, 2.45) is 5.92 Å². The van der Waals surface area contributed by atoms with Gasteiger partial charge >= 0.3 is 0 Å². The van der Waals surface area contributed by atoms with Crippen LogP contribution in [0.25, 0.3) is 5.76 Å². The number of nitrogens with zero attached hydrogens (tertiary/aromatic N) is 1. The van der Waals surface area contributed by atoms with E-state index in [0.717, 1.165) is 24.0 Å². The lowest BCUT2D eigenvalue weighted by Gasteiger charge is -2.26. The Kier molecular flexibility index (Phi) is 8.52. The molecule has 0 saturated carbocycles. The molecule has 4 rings (SSSR count). The molecule has 1 saturated heterocycles. The van der Waals surface area contributed by atoms with Gasteiger partial charge < -0.3 is 14.6 Å². The van der Waals surface area contributed by atoms with Gasteiger partial charge in [-0.15, -0.1) is 0 Å². The van der Waals surface area contributed by atoms with E-state index in [9.17, 15) is 14.7 Å². The van der Waals surface area contributed by atoms with Crippen LogP contribution in [-0.4, -0.2) is 30.0 Å². The van der Waals surface area contributed by atoms with E-state index in [2.05, 4.69) is 20.8 Å². The number of ether oxygens (including phenoxy) is 2. The lowest BCUT2D eigenvalue weighted by atomic mass is 9.94. The van der Waals surface area contributed by atoms with Gasteiger partial charge in [-0.1, -0.05) is 70.2 Å². The number of aryl methyl sites for hydroxylation is 1. The van der Waals surface area contributed by atoms with E-state index in [0.29, 0.717) is 41.9 Å². The molecule has 38 heavy (non-hydrogen) atoms. The van der Waals surface area contributed by atoms with Crippen LogP contribution in [0.3, 0.4) is 0 Å². The number of benzene rings is 3. The first kappa shape index (κ1) is 27.0. The molecule has 0 aliphatic carbocycles. The third-order valence-corrected chi connectivity index (χ3v) is 6.41. The number of aliphatic hydroxyl groups excluding tert-OH is 1. The standard InChI is InChI=1S/C32H35NO5/c1-5-17-37-27-12-8-10-25(19-27)33-29(23-15-13-22(6-2)14-16-23)28(31(35)32(33)36)30(34)24-9-7-11-26(18-24)38-20-21(3)4/h7-16,18-19,21,29,34H,5-6,17,20H2,1-4H3/b30-28+. The molecule has 1 fully saturated rings. The van der Waals surface area contributed by atoms with E-state index in [4.69, 9.17) is 9.47 Å². The molecule has 1 amide bonds. The molecule has 3 aromatic rings. The monoisotopic (exact) mass is 513 g/mol. The predicted octanol–water partition coefficient (Wildman–Crippen LogP) is 6.70. The molecule has 1 heterocycles. The number of anilines is 1. The molecular weight excluding hydrogens is 478 g/mol. The van der Waals surface area contributed by atoms with Gasteiger partial charge in [0.2, 0.25) is 0 Å². The Balaban J connectivity index is 1.84. The fraction of sp³-hybridized carbons (Fsp3) is 0.312. The van der Waals surface area contributed by atoms with Crippen LogP contribution in [0.1, 0.15) is 56.8 Å².